The minimum atomic E-state index is -0.520. The van der Waals surface area contributed by atoms with Gasteiger partial charge in [0, 0.05) is 30.7 Å². The third kappa shape index (κ3) is 6.29. The summed E-state index contributed by atoms with van der Waals surface area (Å²) in [6, 6.07) is 18.7. The minimum Gasteiger partial charge on any atom is -0.457 e. The molecule has 11 heteroatoms. The van der Waals surface area contributed by atoms with Gasteiger partial charge in [-0.15, -0.1) is 0 Å². The highest BCUT2D eigenvalue weighted by Gasteiger charge is 2.31. The van der Waals surface area contributed by atoms with Gasteiger partial charge in [0.2, 0.25) is 0 Å². The Morgan fingerprint density at radius 2 is 1.74 bits per heavy atom. The quantitative estimate of drug-likeness (QED) is 0.231. The topological polar surface area (TPSA) is 144 Å². The number of carbonyl (C=O) groups is 1. The highest BCUT2D eigenvalue weighted by molar-refractivity contribution is 5.97. The summed E-state index contributed by atoms with van der Waals surface area (Å²) in [6.45, 7) is 8.69. The van der Waals surface area contributed by atoms with Crippen molar-refractivity contribution in [3.8, 4) is 23.3 Å². The maximum absolute atomic E-state index is 14.0. The molecule has 3 N–H and O–H groups in total. The van der Waals surface area contributed by atoms with Crippen molar-refractivity contribution in [2.45, 2.75) is 58.2 Å². The number of para-hydroxylation sites is 1. The Balaban J connectivity index is 1.40. The van der Waals surface area contributed by atoms with Gasteiger partial charge in [0.05, 0.1) is 5.69 Å². The number of hydrogen-bond acceptors (Lipinski definition) is 8. The van der Waals surface area contributed by atoms with E-state index in [0.29, 0.717) is 54.3 Å². The maximum Gasteiger partial charge on any atom is 0.335 e. The predicted octanol–water partition coefficient (Wildman–Crippen LogP) is 4.35. The fourth-order valence-corrected chi connectivity index (χ4v) is 5.71. The van der Waals surface area contributed by atoms with Crippen LogP contribution >= 0.6 is 0 Å². The lowest BCUT2D eigenvalue weighted by molar-refractivity contribution is -0.128. The van der Waals surface area contributed by atoms with Crippen LogP contribution in [0.4, 0.5) is 5.82 Å². The average Bonchev–Trinajstić information content (AvgIpc) is 3.28. The molecule has 43 heavy (non-hydrogen) atoms. The van der Waals surface area contributed by atoms with Crippen LogP contribution in [-0.4, -0.2) is 54.6 Å². The van der Waals surface area contributed by atoms with Crippen molar-refractivity contribution >= 4 is 22.9 Å². The van der Waals surface area contributed by atoms with Crippen LogP contribution in [0.2, 0.25) is 0 Å². The number of anilines is 1. The van der Waals surface area contributed by atoms with Crippen molar-refractivity contribution in [3.63, 3.8) is 0 Å². The van der Waals surface area contributed by atoms with E-state index in [9.17, 15) is 14.9 Å². The summed E-state index contributed by atoms with van der Waals surface area (Å²) >= 11 is 0. The molecule has 1 fully saturated rings. The highest BCUT2D eigenvalue weighted by Crippen LogP contribution is 2.29. The molecule has 1 aliphatic rings. The van der Waals surface area contributed by atoms with Crippen LogP contribution in [0.3, 0.4) is 0 Å². The molecule has 0 saturated carbocycles. The highest BCUT2D eigenvalue weighted by atomic mass is 16.5. The summed E-state index contributed by atoms with van der Waals surface area (Å²) < 4.78 is 9.08. The van der Waals surface area contributed by atoms with E-state index in [0.717, 1.165) is 0 Å². The molecule has 0 unspecified atom stereocenters. The number of nitrogen functional groups attached to an aromatic ring is 1. The zero-order chi connectivity index (χ0) is 30.7. The molecule has 1 saturated heterocycles. The fraction of sp³-hybridized carbons (Fsp3) is 0.344. The number of fused-ring (bicyclic) bond motifs is 1. The summed E-state index contributed by atoms with van der Waals surface area (Å²) in [5.41, 5.74) is 7.04. The number of hydrogen-bond donors (Lipinski definition) is 2. The van der Waals surface area contributed by atoms with E-state index in [1.807, 2.05) is 58.0 Å². The number of ether oxygens (including phenoxy) is 1. The van der Waals surface area contributed by atoms with Crippen molar-refractivity contribution in [1.29, 1.82) is 5.26 Å². The number of piperidine rings is 1. The molecule has 0 spiro atoms. The Labute approximate surface area is 250 Å². The number of likely N-dealkylation sites (tertiary alicyclic amines) is 1. The Kier molecular flexibility index (Phi) is 8.32. The first-order valence-electron chi connectivity index (χ1n) is 14.3. The average molecular weight is 581 g/mol. The first-order valence-corrected chi connectivity index (χ1v) is 14.3. The van der Waals surface area contributed by atoms with Crippen LogP contribution in [0, 0.1) is 11.3 Å². The Morgan fingerprint density at radius 3 is 2.37 bits per heavy atom. The number of benzene rings is 2. The molecular formula is C32H36N8O3. The standard InChI is InChI=1S/C32H36N8O3/c1-21(2)37-32(3,4)18-22(19-33)30(41)38-16-14-24(15-17-38)40-29-27(28(34)35-20-36-29)39(31(40)42)23-10-12-26(13-11-23)43-25-8-6-5-7-9-25/h5-13,18,20-21,24,37H,14-17H2,1-4H3,(H2,34,35,36). The van der Waals surface area contributed by atoms with Crippen molar-refractivity contribution in [1.82, 2.24) is 29.3 Å². The number of rotatable bonds is 8. The lowest BCUT2D eigenvalue weighted by atomic mass is 9.98. The van der Waals surface area contributed by atoms with Crippen molar-refractivity contribution in [2.75, 3.05) is 18.8 Å². The fourth-order valence-electron chi connectivity index (χ4n) is 5.71. The second-order valence-electron chi connectivity index (χ2n) is 11.5. The number of carbonyl (C=O) groups excluding carboxylic acids is 1. The van der Waals surface area contributed by atoms with E-state index in [4.69, 9.17) is 10.5 Å². The van der Waals surface area contributed by atoms with Crippen LogP contribution in [0.25, 0.3) is 16.9 Å². The zero-order valence-corrected chi connectivity index (χ0v) is 24.8. The van der Waals surface area contributed by atoms with Gasteiger partial charge in [0.15, 0.2) is 11.5 Å². The monoisotopic (exact) mass is 580 g/mol. The summed E-state index contributed by atoms with van der Waals surface area (Å²) in [4.78, 5) is 37.5. The maximum atomic E-state index is 14.0. The van der Waals surface area contributed by atoms with E-state index in [-0.39, 0.29) is 35.1 Å². The molecule has 4 aromatic rings. The number of aromatic nitrogens is 4. The van der Waals surface area contributed by atoms with Gasteiger partial charge >= 0.3 is 5.69 Å². The molecule has 0 radical (unpaired) electrons. The zero-order valence-electron chi connectivity index (χ0n) is 24.8. The van der Waals surface area contributed by atoms with E-state index < -0.39 is 5.54 Å². The largest absolute Gasteiger partial charge is 0.457 e. The molecule has 0 aliphatic carbocycles. The van der Waals surface area contributed by atoms with Crippen molar-refractivity contribution in [2.24, 2.45) is 0 Å². The smallest absolute Gasteiger partial charge is 0.335 e. The Bertz CT molecular complexity index is 1740. The van der Waals surface area contributed by atoms with Gasteiger partial charge in [-0.05, 0) is 69.2 Å². The van der Waals surface area contributed by atoms with E-state index in [1.54, 1.807) is 39.8 Å². The number of nitrogens with zero attached hydrogens (tertiary/aromatic N) is 6. The van der Waals surface area contributed by atoms with E-state index >= 15 is 0 Å². The molecule has 222 valence electrons. The molecule has 2 aromatic heterocycles. The minimum absolute atomic E-state index is 0.102. The molecule has 5 rings (SSSR count). The molecule has 0 bridgehead atoms. The summed E-state index contributed by atoms with van der Waals surface area (Å²) in [5, 5.41) is 13.1. The molecule has 3 heterocycles. The van der Waals surface area contributed by atoms with Gasteiger partial charge in [-0.3, -0.25) is 13.9 Å². The van der Waals surface area contributed by atoms with Gasteiger partial charge in [0.25, 0.3) is 5.91 Å². The van der Waals surface area contributed by atoms with Gasteiger partial charge in [-0.1, -0.05) is 32.0 Å². The number of amides is 1. The van der Waals surface area contributed by atoms with Crippen LogP contribution in [0.1, 0.15) is 46.6 Å². The number of nitrogens with one attached hydrogen (secondary N) is 1. The summed E-state index contributed by atoms with van der Waals surface area (Å²) in [5.74, 6) is 1.22. The molecular weight excluding hydrogens is 544 g/mol. The second kappa shape index (κ2) is 12.1. The van der Waals surface area contributed by atoms with Gasteiger partial charge in [-0.25, -0.2) is 14.8 Å². The lowest BCUT2D eigenvalue weighted by Crippen LogP contribution is -2.44. The van der Waals surface area contributed by atoms with Gasteiger partial charge in [-0.2, -0.15) is 5.26 Å². The SMILES string of the molecule is CC(C)NC(C)(C)C=C(C#N)C(=O)N1CCC(n2c(=O)n(-c3ccc(Oc4ccccc4)cc3)c3c(N)ncnc32)CC1. The van der Waals surface area contributed by atoms with Crippen LogP contribution in [0.5, 0.6) is 11.5 Å². The third-order valence-corrected chi connectivity index (χ3v) is 7.39. The number of nitriles is 1. The van der Waals surface area contributed by atoms with Gasteiger partial charge < -0.3 is 20.7 Å². The van der Waals surface area contributed by atoms with E-state index in [1.165, 1.54) is 10.9 Å². The van der Waals surface area contributed by atoms with Gasteiger partial charge in [0.1, 0.15) is 35.0 Å². The molecule has 1 amide bonds. The predicted molar refractivity (Wildman–Crippen MR) is 165 cm³/mol. The third-order valence-electron chi connectivity index (χ3n) is 7.39. The normalized spacial score (nSPS) is 14.7. The summed E-state index contributed by atoms with van der Waals surface area (Å²) in [7, 11) is 0. The van der Waals surface area contributed by atoms with Crippen LogP contribution in [-0.2, 0) is 4.79 Å². The first kappa shape index (κ1) is 29.5. The number of imidazole rings is 1. The second-order valence-corrected chi connectivity index (χ2v) is 11.5. The molecule has 0 atom stereocenters. The van der Waals surface area contributed by atoms with Crippen LogP contribution in [0.15, 0.2) is 77.4 Å². The van der Waals surface area contributed by atoms with Crippen LogP contribution < -0.4 is 21.5 Å². The summed E-state index contributed by atoms with van der Waals surface area (Å²) in [6.07, 6.45) is 4.08. The lowest BCUT2D eigenvalue weighted by Gasteiger charge is -2.33. The van der Waals surface area contributed by atoms with Crippen molar-refractivity contribution < 1.29 is 9.53 Å². The molecule has 1 aliphatic heterocycles. The Hall–Kier alpha value is -4.95. The first-order chi connectivity index (χ1) is 20.6. The number of nitrogens with two attached hydrogens (primary N) is 1. The van der Waals surface area contributed by atoms with Crippen molar-refractivity contribution in [3.05, 3.63) is 83.1 Å². The Morgan fingerprint density at radius 1 is 1.09 bits per heavy atom. The molecule has 11 nitrogen and oxygen atoms in total. The molecule has 2 aromatic carbocycles. The van der Waals surface area contributed by atoms with E-state index in [2.05, 4.69) is 21.4 Å².